The molecular formula is C13H13N3O3S2. The predicted molar refractivity (Wildman–Crippen MR) is 83.6 cm³/mol. The molecule has 0 aliphatic rings. The van der Waals surface area contributed by atoms with Crippen molar-refractivity contribution in [3.8, 4) is 0 Å². The molecule has 110 valence electrons. The highest BCUT2D eigenvalue weighted by Gasteiger charge is 2.10. The Kier molecular flexibility index (Phi) is 4.81. The van der Waals surface area contributed by atoms with Gasteiger partial charge < -0.3 is 4.74 Å². The van der Waals surface area contributed by atoms with Crippen LogP contribution in [0.2, 0.25) is 0 Å². The molecular weight excluding hydrogens is 310 g/mol. The summed E-state index contributed by atoms with van der Waals surface area (Å²) >= 11 is 2.63. The molecule has 0 radical (unpaired) electrons. The molecule has 1 amide bonds. The molecule has 0 fully saturated rings. The van der Waals surface area contributed by atoms with E-state index in [2.05, 4.69) is 14.7 Å². The van der Waals surface area contributed by atoms with Gasteiger partial charge in [0.25, 0.3) is 0 Å². The fourth-order valence-corrected chi connectivity index (χ4v) is 2.90. The Hall–Kier alpha value is -2.06. The maximum absolute atomic E-state index is 11.3. The smallest absolute Gasteiger partial charge is 0.349 e. The number of aromatic nitrogens is 2. The molecule has 6 nitrogen and oxygen atoms in total. The fourth-order valence-electron chi connectivity index (χ4n) is 1.36. The lowest BCUT2D eigenvalue weighted by atomic mass is 10.4. The van der Waals surface area contributed by atoms with Crippen molar-refractivity contribution in [3.63, 3.8) is 0 Å². The average Bonchev–Trinajstić information content (AvgIpc) is 3.12. The minimum Gasteiger partial charge on any atom is -0.465 e. The highest BCUT2D eigenvalue weighted by atomic mass is 32.1. The number of rotatable bonds is 4. The van der Waals surface area contributed by atoms with Crippen LogP contribution in [0.4, 0.5) is 5.13 Å². The molecule has 0 N–H and O–H groups in total. The first-order valence-electron chi connectivity index (χ1n) is 5.93. The molecule has 0 aliphatic heterocycles. The summed E-state index contributed by atoms with van der Waals surface area (Å²) in [6.45, 7) is 1.49. The fraction of sp³-hybridized carbons (Fsp3) is 0.231. The van der Waals surface area contributed by atoms with Crippen LogP contribution in [0.15, 0.2) is 11.6 Å². The van der Waals surface area contributed by atoms with Crippen molar-refractivity contribution in [1.82, 2.24) is 9.97 Å². The third kappa shape index (κ3) is 3.73. The zero-order valence-corrected chi connectivity index (χ0v) is 13.3. The van der Waals surface area contributed by atoms with Crippen LogP contribution in [0.5, 0.6) is 0 Å². The first-order chi connectivity index (χ1) is 10.0. The van der Waals surface area contributed by atoms with Crippen LogP contribution < -0.4 is 4.90 Å². The van der Waals surface area contributed by atoms with Gasteiger partial charge >= 0.3 is 5.97 Å². The van der Waals surface area contributed by atoms with Crippen molar-refractivity contribution in [1.29, 1.82) is 0 Å². The number of nitrogens with zero attached hydrogens (tertiary/aromatic N) is 3. The molecule has 0 bridgehead atoms. The molecule has 2 rings (SSSR count). The molecule has 2 aromatic rings. The maximum Gasteiger partial charge on any atom is 0.349 e. The highest BCUT2D eigenvalue weighted by Crippen LogP contribution is 2.22. The first kappa shape index (κ1) is 15.3. The average molecular weight is 323 g/mol. The van der Waals surface area contributed by atoms with Crippen LogP contribution in [0.1, 0.15) is 27.3 Å². The molecule has 0 aliphatic carbocycles. The number of esters is 1. The Labute approximate surface area is 129 Å². The maximum atomic E-state index is 11.3. The van der Waals surface area contributed by atoms with Crippen LogP contribution in [-0.4, -0.2) is 36.0 Å². The second-order valence-electron chi connectivity index (χ2n) is 4.02. The van der Waals surface area contributed by atoms with Crippen molar-refractivity contribution in [2.75, 3.05) is 19.1 Å². The highest BCUT2D eigenvalue weighted by molar-refractivity contribution is 7.14. The normalized spacial score (nSPS) is 10.8. The van der Waals surface area contributed by atoms with Crippen LogP contribution in [0.3, 0.4) is 0 Å². The van der Waals surface area contributed by atoms with Crippen molar-refractivity contribution in [2.45, 2.75) is 6.92 Å². The Balaban J connectivity index is 2.09. The zero-order valence-electron chi connectivity index (χ0n) is 11.7. The Morgan fingerprint density at radius 3 is 2.81 bits per heavy atom. The minimum atomic E-state index is -0.397. The van der Waals surface area contributed by atoms with Gasteiger partial charge in [0, 0.05) is 19.4 Å². The van der Waals surface area contributed by atoms with Crippen LogP contribution in [-0.2, 0) is 9.53 Å². The summed E-state index contributed by atoms with van der Waals surface area (Å²) in [5.74, 6) is -0.464. The lowest BCUT2D eigenvalue weighted by molar-refractivity contribution is -0.116. The van der Waals surface area contributed by atoms with Gasteiger partial charge in [0.05, 0.1) is 19.0 Å². The number of thiazole rings is 2. The second-order valence-corrected chi connectivity index (χ2v) is 5.92. The van der Waals surface area contributed by atoms with Crippen LogP contribution in [0.25, 0.3) is 12.2 Å². The number of anilines is 1. The van der Waals surface area contributed by atoms with Gasteiger partial charge in [-0.25, -0.2) is 14.8 Å². The summed E-state index contributed by atoms with van der Waals surface area (Å²) in [7, 11) is 3.01. The van der Waals surface area contributed by atoms with E-state index in [1.165, 1.54) is 47.8 Å². The topological polar surface area (TPSA) is 72.4 Å². The standard InChI is InChI=1S/C13H13N3O3S2/c1-8(17)16(2)13-15-9(7-20-13)4-5-11-14-6-10(21-11)12(18)19-3/h4-7H,1-3H3. The van der Waals surface area contributed by atoms with Gasteiger partial charge in [-0.05, 0) is 12.2 Å². The summed E-state index contributed by atoms with van der Waals surface area (Å²) in [6, 6.07) is 0. The number of carbonyl (C=O) groups is 2. The first-order valence-corrected chi connectivity index (χ1v) is 7.63. The van der Waals surface area contributed by atoms with Crippen molar-refractivity contribution >= 4 is 51.8 Å². The van der Waals surface area contributed by atoms with Crippen LogP contribution in [0, 0.1) is 0 Å². The van der Waals surface area contributed by atoms with Gasteiger partial charge in [-0.1, -0.05) is 0 Å². The van der Waals surface area contributed by atoms with Gasteiger partial charge in [-0.2, -0.15) is 0 Å². The molecule has 0 aromatic carbocycles. The quantitative estimate of drug-likeness (QED) is 0.809. The Bertz CT molecular complexity index is 690. The van der Waals surface area contributed by atoms with E-state index in [4.69, 9.17) is 0 Å². The van der Waals surface area contributed by atoms with E-state index < -0.39 is 5.97 Å². The zero-order chi connectivity index (χ0) is 15.4. The van der Waals surface area contributed by atoms with Gasteiger partial charge in [0.1, 0.15) is 9.88 Å². The van der Waals surface area contributed by atoms with E-state index in [9.17, 15) is 9.59 Å². The summed E-state index contributed by atoms with van der Waals surface area (Å²) < 4.78 is 4.62. The third-order valence-corrected chi connectivity index (χ3v) is 4.45. The summed E-state index contributed by atoms with van der Waals surface area (Å²) in [4.78, 5) is 32.9. The molecule has 0 spiro atoms. The van der Waals surface area contributed by atoms with E-state index in [0.717, 1.165) is 5.69 Å². The number of methoxy groups -OCH3 is 1. The molecule has 0 unspecified atom stereocenters. The Morgan fingerprint density at radius 2 is 2.14 bits per heavy atom. The van der Waals surface area contributed by atoms with Gasteiger partial charge in [0.15, 0.2) is 5.13 Å². The molecule has 0 saturated heterocycles. The largest absolute Gasteiger partial charge is 0.465 e. The monoisotopic (exact) mass is 323 g/mol. The van der Waals surface area contributed by atoms with Crippen molar-refractivity contribution < 1.29 is 14.3 Å². The molecule has 0 atom stereocenters. The SMILES string of the molecule is COC(=O)c1cnc(C=Cc2csc(N(C)C(C)=O)n2)s1. The molecule has 0 saturated carbocycles. The number of hydrogen-bond donors (Lipinski definition) is 0. The van der Waals surface area contributed by atoms with Gasteiger partial charge in [-0.15, -0.1) is 22.7 Å². The second kappa shape index (κ2) is 6.59. The summed E-state index contributed by atoms with van der Waals surface area (Å²) in [6.07, 6.45) is 5.03. The van der Waals surface area contributed by atoms with E-state index in [0.29, 0.717) is 15.0 Å². The van der Waals surface area contributed by atoms with Gasteiger partial charge in [-0.3, -0.25) is 9.69 Å². The third-order valence-electron chi connectivity index (χ3n) is 2.58. The minimum absolute atomic E-state index is 0.0671. The van der Waals surface area contributed by atoms with E-state index >= 15 is 0 Å². The Morgan fingerprint density at radius 1 is 1.38 bits per heavy atom. The van der Waals surface area contributed by atoms with Crippen molar-refractivity contribution in [3.05, 3.63) is 27.2 Å². The molecule has 2 heterocycles. The van der Waals surface area contributed by atoms with Crippen molar-refractivity contribution in [2.24, 2.45) is 0 Å². The lowest BCUT2D eigenvalue weighted by Crippen LogP contribution is -2.22. The lowest BCUT2D eigenvalue weighted by Gasteiger charge is -2.09. The summed E-state index contributed by atoms with van der Waals surface area (Å²) in [5, 5.41) is 3.17. The van der Waals surface area contributed by atoms with Gasteiger partial charge in [0.2, 0.25) is 5.91 Å². The molecule has 2 aromatic heterocycles. The molecule has 21 heavy (non-hydrogen) atoms. The van der Waals surface area contributed by atoms with E-state index in [-0.39, 0.29) is 5.91 Å². The number of carbonyl (C=O) groups excluding carboxylic acids is 2. The number of hydrogen-bond acceptors (Lipinski definition) is 7. The van der Waals surface area contributed by atoms with E-state index in [1.54, 1.807) is 19.2 Å². The molecule has 8 heteroatoms. The summed E-state index contributed by atoms with van der Waals surface area (Å²) in [5.41, 5.74) is 0.734. The van der Waals surface area contributed by atoms with Crippen LogP contribution >= 0.6 is 22.7 Å². The number of amides is 1. The predicted octanol–water partition coefficient (Wildman–Crippen LogP) is 2.54. The van der Waals surface area contributed by atoms with E-state index in [1.807, 2.05) is 5.38 Å². The number of ether oxygens (including phenoxy) is 1.